The SMILES string of the molecule is NS(=O)(=O)c1cnc(N2CCCc3ccc(C(=O)O)cc3C2)s1. The minimum Gasteiger partial charge on any atom is -0.478 e. The molecule has 0 radical (unpaired) electrons. The van der Waals surface area contributed by atoms with E-state index < -0.39 is 16.0 Å². The molecular formula is C14H15N3O4S2. The van der Waals surface area contributed by atoms with Crippen LogP contribution in [0.15, 0.2) is 28.6 Å². The van der Waals surface area contributed by atoms with Gasteiger partial charge in [-0.3, -0.25) is 0 Å². The maximum absolute atomic E-state index is 11.4. The number of hydrogen-bond donors (Lipinski definition) is 2. The fourth-order valence-corrected chi connectivity index (χ4v) is 4.15. The summed E-state index contributed by atoms with van der Waals surface area (Å²) in [7, 11) is -3.76. The summed E-state index contributed by atoms with van der Waals surface area (Å²) in [6.07, 6.45) is 2.98. The molecule has 0 unspecified atom stereocenters. The van der Waals surface area contributed by atoms with E-state index in [4.69, 9.17) is 10.2 Å². The average molecular weight is 353 g/mol. The summed E-state index contributed by atoms with van der Waals surface area (Å²) in [6.45, 7) is 1.21. The topological polar surface area (TPSA) is 114 Å². The number of hydrogen-bond acceptors (Lipinski definition) is 6. The number of aryl methyl sites for hydroxylation is 1. The van der Waals surface area contributed by atoms with Crippen LogP contribution in [0.25, 0.3) is 0 Å². The van der Waals surface area contributed by atoms with Crippen LogP contribution >= 0.6 is 11.3 Å². The molecule has 0 amide bonds. The second-order valence-electron chi connectivity index (χ2n) is 5.32. The van der Waals surface area contributed by atoms with Crippen molar-refractivity contribution in [2.45, 2.75) is 23.6 Å². The number of rotatable bonds is 3. The van der Waals surface area contributed by atoms with Gasteiger partial charge in [-0.1, -0.05) is 17.4 Å². The zero-order valence-electron chi connectivity index (χ0n) is 12.1. The largest absolute Gasteiger partial charge is 0.478 e. The van der Waals surface area contributed by atoms with Gasteiger partial charge in [0.25, 0.3) is 0 Å². The minimum atomic E-state index is -3.76. The van der Waals surface area contributed by atoms with Gasteiger partial charge in [0.1, 0.15) is 0 Å². The summed E-state index contributed by atoms with van der Waals surface area (Å²) < 4.78 is 22.8. The van der Waals surface area contributed by atoms with Crippen LogP contribution in [0, 0.1) is 0 Å². The van der Waals surface area contributed by atoms with E-state index in [1.807, 2.05) is 11.0 Å². The fourth-order valence-electron chi connectivity index (χ4n) is 2.59. The number of nitrogens with zero attached hydrogens (tertiary/aromatic N) is 2. The number of carboxylic acids is 1. The van der Waals surface area contributed by atoms with Crippen LogP contribution in [0.5, 0.6) is 0 Å². The van der Waals surface area contributed by atoms with Gasteiger partial charge in [-0.25, -0.2) is 23.3 Å². The third-order valence-corrected chi connectivity index (χ3v) is 6.18. The van der Waals surface area contributed by atoms with E-state index >= 15 is 0 Å². The van der Waals surface area contributed by atoms with Crippen molar-refractivity contribution in [2.75, 3.05) is 11.4 Å². The Hall–Kier alpha value is -1.97. The van der Waals surface area contributed by atoms with E-state index in [0.29, 0.717) is 18.2 Å². The van der Waals surface area contributed by atoms with Crippen LogP contribution in [0.4, 0.5) is 5.13 Å². The number of nitrogens with two attached hydrogens (primary N) is 1. The number of thiazole rings is 1. The number of benzene rings is 1. The zero-order valence-corrected chi connectivity index (χ0v) is 13.7. The van der Waals surface area contributed by atoms with Gasteiger partial charge in [-0.05, 0) is 36.1 Å². The van der Waals surface area contributed by atoms with E-state index in [1.54, 1.807) is 12.1 Å². The lowest BCUT2D eigenvalue weighted by atomic mass is 10.0. The Morgan fingerprint density at radius 2 is 2.13 bits per heavy atom. The summed E-state index contributed by atoms with van der Waals surface area (Å²) >= 11 is 1.03. The Morgan fingerprint density at radius 1 is 1.35 bits per heavy atom. The predicted molar refractivity (Wildman–Crippen MR) is 86.3 cm³/mol. The maximum atomic E-state index is 11.4. The van der Waals surface area contributed by atoms with E-state index in [-0.39, 0.29) is 9.77 Å². The van der Waals surface area contributed by atoms with Gasteiger partial charge >= 0.3 is 5.97 Å². The number of fused-ring (bicyclic) bond motifs is 1. The summed E-state index contributed by atoms with van der Waals surface area (Å²) in [4.78, 5) is 17.2. The molecule has 0 bridgehead atoms. The predicted octanol–water partition coefficient (Wildman–Crippen LogP) is 1.44. The Morgan fingerprint density at radius 3 is 2.78 bits per heavy atom. The average Bonchev–Trinajstić information content (AvgIpc) is 2.88. The Labute approximate surface area is 137 Å². The lowest BCUT2D eigenvalue weighted by molar-refractivity contribution is 0.0696. The van der Waals surface area contributed by atoms with Crippen molar-refractivity contribution in [3.63, 3.8) is 0 Å². The molecule has 7 nitrogen and oxygen atoms in total. The number of carboxylic acid groups (broad SMARTS) is 1. The van der Waals surface area contributed by atoms with E-state index in [2.05, 4.69) is 4.98 Å². The van der Waals surface area contributed by atoms with Crippen LogP contribution in [-0.4, -0.2) is 31.0 Å². The molecule has 2 aromatic rings. The van der Waals surface area contributed by atoms with Crippen molar-refractivity contribution in [3.05, 3.63) is 41.1 Å². The molecule has 1 aromatic carbocycles. The van der Waals surface area contributed by atoms with Crippen LogP contribution in [0.2, 0.25) is 0 Å². The second kappa shape index (κ2) is 5.91. The van der Waals surface area contributed by atoms with Gasteiger partial charge in [0.15, 0.2) is 9.34 Å². The van der Waals surface area contributed by atoms with Gasteiger partial charge < -0.3 is 10.0 Å². The van der Waals surface area contributed by atoms with Gasteiger partial charge in [0.05, 0.1) is 11.8 Å². The molecule has 2 heterocycles. The van der Waals surface area contributed by atoms with E-state index in [1.165, 1.54) is 6.20 Å². The Balaban J connectivity index is 1.92. The fraction of sp³-hybridized carbons (Fsp3) is 0.286. The first-order valence-electron chi connectivity index (χ1n) is 6.93. The van der Waals surface area contributed by atoms with Crippen molar-refractivity contribution in [2.24, 2.45) is 5.14 Å². The summed E-state index contributed by atoms with van der Waals surface area (Å²) in [5.41, 5.74) is 2.28. The van der Waals surface area contributed by atoms with Gasteiger partial charge in [0, 0.05) is 13.1 Å². The van der Waals surface area contributed by atoms with Crippen molar-refractivity contribution in [1.29, 1.82) is 0 Å². The molecule has 0 saturated carbocycles. The molecule has 1 aromatic heterocycles. The zero-order chi connectivity index (χ0) is 16.6. The number of anilines is 1. The first kappa shape index (κ1) is 15.9. The Kier molecular flexibility index (Phi) is 4.09. The highest BCUT2D eigenvalue weighted by Gasteiger charge is 2.21. The third kappa shape index (κ3) is 3.36. The standard InChI is InChI=1S/C14H15N3O4S2/c15-23(20,21)12-7-16-14(22-12)17-5-1-2-9-3-4-10(13(18)19)6-11(9)8-17/h3-4,6-7H,1-2,5,8H2,(H,18,19)(H2,15,20,21). The molecule has 9 heteroatoms. The van der Waals surface area contributed by atoms with Gasteiger partial charge in [-0.15, -0.1) is 0 Å². The number of primary sulfonamides is 1. The highest BCUT2D eigenvalue weighted by atomic mass is 32.2. The smallest absolute Gasteiger partial charge is 0.335 e. The maximum Gasteiger partial charge on any atom is 0.335 e. The molecule has 0 atom stereocenters. The molecule has 0 saturated heterocycles. The molecule has 1 aliphatic heterocycles. The van der Waals surface area contributed by atoms with Crippen LogP contribution in [0.1, 0.15) is 27.9 Å². The van der Waals surface area contributed by atoms with Crippen molar-refractivity contribution >= 4 is 32.5 Å². The first-order chi connectivity index (χ1) is 10.8. The van der Waals surface area contributed by atoms with Crippen molar-refractivity contribution < 1.29 is 18.3 Å². The van der Waals surface area contributed by atoms with Crippen LogP contribution < -0.4 is 10.0 Å². The third-order valence-electron chi connectivity index (χ3n) is 3.71. The molecule has 1 aliphatic rings. The summed E-state index contributed by atoms with van der Waals surface area (Å²) in [5, 5.41) is 14.8. The van der Waals surface area contributed by atoms with Crippen LogP contribution in [-0.2, 0) is 23.0 Å². The normalized spacial score (nSPS) is 15.1. The molecule has 3 N–H and O–H groups in total. The van der Waals surface area contributed by atoms with Crippen molar-refractivity contribution in [1.82, 2.24) is 4.98 Å². The number of sulfonamides is 1. The Bertz CT molecular complexity index is 861. The second-order valence-corrected chi connectivity index (χ2v) is 8.12. The molecule has 23 heavy (non-hydrogen) atoms. The van der Waals surface area contributed by atoms with Crippen LogP contribution in [0.3, 0.4) is 0 Å². The minimum absolute atomic E-state index is 0.0243. The molecule has 0 fully saturated rings. The van der Waals surface area contributed by atoms with Gasteiger partial charge in [0.2, 0.25) is 10.0 Å². The highest BCUT2D eigenvalue weighted by molar-refractivity contribution is 7.91. The number of carbonyl (C=O) groups is 1. The number of aromatic nitrogens is 1. The monoisotopic (exact) mass is 353 g/mol. The quantitative estimate of drug-likeness (QED) is 0.863. The molecule has 122 valence electrons. The van der Waals surface area contributed by atoms with E-state index in [9.17, 15) is 13.2 Å². The molecule has 0 aliphatic carbocycles. The van der Waals surface area contributed by atoms with Crippen molar-refractivity contribution in [3.8, 4) is 0 Å². The highest BCUT2D eigenvalue weighted by Crippen LogP contribution is 2.29. The summed E-state index contributed by atoms with van der Waals surface area (Å²) in [6, 6.07) is 5.13. The first-order valence-corrected chi connectivity index (χ1v) is 9.29. The molecular weight excluding hydrogens is 338 g/mol. The summed E-state index contributed by atoms with van der Waals surface area (Å²) in [5.74, 6) is -0.964. The lowest BCUT2D eigenvalue weighted by Gasteiger charge is -2.19. The van der Waals surface area contributed by atoms with Gasteiger partial charge in [-0.2, -0.15) is 0 Å². The van der Waals surface area contributed by atoms with E-state index in [0.717, 1.165) is 35.3 Å². The number of aromatic carboxylic acids is 1. The molecule has 0 spiro atoms. The lowest BCUT2D eigenvalue weighted by Crippen LogP contribution is -2.22. The molecule has 3 rings (SSSR count).